The van der Waals surface area contributed by atoms with Crippen LogP contribution in [-0.2, 0) is 16.0 Å². The van der Waals surface area contributed by atoms with E-state index in [4.69, 9.17) is 11.6 Å². The highest BCUT2D eigenvalue weighted by Crippen LogP contribution is 2.17. The second-order valence-corrected chi connectivity index (χ2v) is 5.69. The van der Waals surface area contributed by atoms with Crippen LogP contribution >= 0.6 is 11.6 Å². The van der Waals surface area contributed by atoms with Gasteiger partial charge in [-0.3, -0.25) is 9.59 Å². The van der Waals surface area contributed by atoms with Crippen LogP contribution < -0.4 is 0 Å². The third kappa shape index (κ3) is 4.21. The first-order valence-electron chi connectivity index (χ1n) is 7.40. The molecule has 0 N–H and O–H groups in total. The van der Waals surface area contributed by atoms with Crippen molar-refractivity contribution in [3.8, 4) is 0 Å². The van der Waals surface area contributed by atoms with Gasteiger partial charge in [-0.25, -0.2) is 0 Å². The van der Waals surface area contributed by atoms with Gasteiger partial charge in [0.25, 0.3) is 0 Å². The Hall–Kier alpha value is -1.55. The van der Waals surface area contributed by atoms with Crippen LogP contribution in [0.25, 0.3) is 0 Å². The summed E-state index contributed by atoms with van der Waals surface area (Å²) >= 11 is 6.09. The van der Waals surface area contributed by atoms with Crippen molar-refractivity contribution in [3.05, 3.63) is 34.9 Å². The van der Waals surface area contributed by atoms with Crippen molar-refractivity contribution in [1.82, 2.24) is 9.80 Å². The highest BCUT2D eigenvalue weighted by Gasteiger charge is 2.23. The standard InChI is InChI=1S/C16H21ClN2O2/c1-2-8-18-10-11-19(9-7-15(18)20)16(21)12-13-5-3-4-6-14(13)17/h3-6H,2,7-12H2,1H3. The lowest BCUT2D eigenvalue weighted by Crippen LogP contribution is -2.36. The lowest BCUT2D eigenvalue weighted by Gasteiger charge is -2.22. The fourth-order valence-electron chi connectivity index (χ4n) is 2.54. The van der Waals surface area contributed by atoms with E-state index in [9.17, 15) is 9.59 Å². The minimum absolute atomic E-state index is 0.0363. The number of hydrogen-bond donors (Lipinski definition) is 0. The van der Waals surface area contributed by atoms with Crippen LogP contribution in [0.5, 0.6) is 0 Å². The van der Waals surface area contributed by atoms with Crippen molar-refractivity contribution in [2.24, 2.45) is 0 Å². The smallest absolute Gasteiger partial charge is 0.227 e. The molecule has 0 radical (unpaired) electrons. The zero-order valence-corrected chi connectivity index (χ0v) is 13.1. The van der Waals surface area contributed by atoms with E-state index in [1.54, 1.807) is 11.0 Å². The van der Waals surface area contributed by atoms with Crippen LogP contribution in [0.3, 0.4) is 0 Å². The normalized spacial score (nSPS) is 16.0. The molecule has 0 unspecified atom stereocenters. The molecular formula is C16H21ClN2O2. The summed E-state index contributed by atoms with van der Waals surface area (Å²) in [7, 11) is 0. The fraction of sp³-hybridized carbons (Fsp3) is 0.500. The molecule has 0 bridgehead atoms. The molecule has 2 rings (SSSR count). The predicted octanol–water partition coefficient (Wildman–Crippen LogP) is 2.35. The van der Waals surface area contributed by atoms with Gasteiger partial charge in [-0.05, 0) is 18.1 Å². The summed E-state index contributed by atoms with van der Waals surface area (Å²) in [6.07, 6.45) is 1.65. The average Bonchev–Trinajstić information content (AvgIpc) is 2.65. The van der Waals surface area contributed by atoms with E-state index in [2.05, 4.69) is 6.92 Å². The van der Waals surface area contributed by atoms with E-state index < -0.39 is 0 Å². The number of carbonyl (C=O) groups is 2. The zero-order valence-electron chi connectivity index (χ0n) is 12.3. The number of carbonyl (C=O) groups excluding carboxylic acids is 2. The number of nitrogens with zero attached hydrogens (tertiary/aromatic N) is 2. The fourth-order valence-corrected chi connectivity index (χ4v) is 2.74. The summed E-state index contributed by atoms with van der Waals surface area (Å²) in [5.74, 6) is 0.180. The summed E-state index contributed by atoms with van der Waals surface area (Å²) in [4.78, 5) is 28.0. The molecule has 21 heavy (non-hydrogen) atoms. The van der Waals surface area contributed by atoms with E-state index in [0.29, 0.717) is 37.5 Å². The van der Waals surface area contributed by atoms with Gasteiger partial charge in [0.1, 0.15) is 0 Å². The minimum atomic E-state index is 0.0363. The molecule has 5 heteroatoms. The van der Waals surface area contributed by atoms with Crippen molar-refractivity contribution in [2.45, 2.75) is 26.2 Å². The molecule has 1 fully saturated rings. The Morgan fingerprint density at radius 1 is 1.24 bits per heavy atom. The molecule has 0 saturated carbocycles. The highest BCUT2D eigenvalue weighted by molar-refractivity contribution is 6.31. The van der Waals surface area contributed by atoms with Crippen LogP contribution in [0.1, 0.15) is 25.3 Å². The van der Waals surface area contributed by atoms with E-state index in [1.807, 2.05) is 23.1 Å². The molecule has 4 nitrogen and oxygen atoms in total. The maximum atomic E-state index is 12.4. The average molecular weight is 309 g/mol. The number of amides is 2. The van der Waals surface area contributed by atoms with Gasteiger partial charge in [0, 0.05) is 37.6 Å². The Kier molecular flexibility index (Phi) is 5.62. The van der Waals surface area contributed by atoms with Gasteiger partial charge >= 0.3 is 0 Å². The van der Waals surface area contributed by atoms with E-state index >= 15 is 0 Å². The Balaban J connectivity index is 1.97. The van der Waals surface area contributed by atoms with E-state index in [-0.39, 0.29) is 11.8 Å². The SMILES string of the molecule is CCCN1CCN(C(=O)Cc2ccccc2Cl)CCC1=O. The molecule has 0 aliphatic carbocycles. The predicted molar refractivity (Wildman–Crippen MR) is 83.2 cm³/mol. The van der Waals surface area contributed by atoms with Crippen molar-refractivity contribution >= 4 is 23.4 Å². The Morgan fingerprint density at radius 3 is 2.71 bits per heavy atom. The van der Waals surface area contributed by atoms with Crippen LogP contribution in [0.15, 0.2) is 24.3 Å². The summed E-state index contributed by atoms with van der Waals surface area (Å²) in [5.41, 5.74) is 0.838. The zero-order chi connectivity index (χ0) is 15.2. The number of halogens is 1. The largest absolute Gasteiger partial charge is 0.341 e. The van der Waals surface area contributed by atoms with Gasteiger partial charge in [-0.15, -0.1) is 0 Å². The van der Waals surface area contributed by atoms with Gasteiger partial charge in [-0.1, -0.05) is 36.7 Å². The third-order valence-corrected chi connectivity index (χ3v) is 4.10. The maximum Gasteiger partial charge on any atom is 0.227 e. The summed E-state index contributed by atoms with van der Waals surface area (Å²) in [6, 6.07) is 7.39. The van der Waals surface area contributed by atoms with Crippen molar-refractivity contribution in [1.29, 1.82) is 0 Å². The Bertz CT molecular complexity index is 519. The maximum absolute atomic E-state index is 12.4. The van der Waals surface area contributed by atoms with Crippen LogP contribution in [0.2, 0.25) is 5.02 Å². The number of hydrogen-bond acceptors (Lipinski definition) is 2. The molecule has 114 valence electrons. The molecule has 1 aromatic rings. The Labute approximate surface area is 130 Å². The molecule has 0 aromatic heterocycles. The van der Waals surface area contributed by atoms with E-state index in [0.717, 1.165) is 18.5 Å². The summed E-state index contributed by atoms with van der Waals surface area (Å²) in [6.45, 7) is 4.56. The number of benzene rings is 1. The van der Waals surface area contributed by atoms with Crippen LogP contribution in [-0.4, -0.2) is 47.8 Å². The van der Waals surface area contributed by atoms with Crippen molar-refractivity contribution in [3.63, 3.8) is 0 Å². The quantitative estimate of drug-likeness (QED) is 0.856. The van der Waals surface area contributed by atoms with Gasteiger partial charge in [-0.2, -0.15) is 0 Å². The van der Waals surface area contributed by atoms with Crippen molar-refractivity contribution in [2.75, 3.05) is 26.2 Å². The lowest BCUT2D eigenvalue weighted by atomic mass is 10.1. The van der Waals surface area contributed by atoms with Crippen LogP contribution in [0.4, 0.5) is 0 Å². The lowest BCUT2D eigenvalue weighted by molar-refractivity contribution is -0.130. The van der Waals surface area contributed by atoms with Gasteiger partial charge in [0.05, 0.1) is 6.42 Å². The van der Waals surface area contributed by atoms with Crippen LogP contribution in [0, 0.1) is 0 Å². The molecule has 2 amide bonds. The first-order chi connectivity index (χ1) is 10.1. The Morgan fingerprint density at radius 2 is 2.00 bits per heavy atom. The minimum Gasteiger partial charge on any atom is -0.341 e. The second-order valence-electron chi connectivity index (χ2n) is 5.28. The molecule has 1 aliphatic heterocycles. The highest BCUT2D eigenvalue weighted by atomic mass is 35.5. The topological polar surface area (TPSA) is 40.6 Å². The summed E-state index contributed by atoms with van der Waals surface area (Å²) < 4.78 is 0. The molecule has 1 saturated heterocycles. The first kappa shape index (κ1) is 15.8. The van der Waals surface area contributed by atoms with Gasteiger partial charge < -0.3 is 9.80 Å². The monoisotopic (exact) mass is 308 g/mol. The van der Waals surface area contributed by atoms with Gasteiger partial charge in [0.2, 0.25) is 11.8 Å². The molecule has 0 spiro atoms. The number of rotatable bonds is 4. The van der Waals surface area contributed by atoms with Gasteiger partial charge in [0.15, 0.2) is 0 Å². The molecular weight excluding hydrogens is 288 g/mol. The molecule has 1 aliphatic rings. The molecule has 1 heterocycles. The first-order valence-corrected chi connectivity index (χ1v) is 7.78. The molecule has 1 aromatic carbocycles. The summed E-state index contributed by atoms with van der Waals surface area (Å²) in [5, 5.41) is 0.615. The third-order valence-electron chi connectivity index (χ3n) is 3.73. The van der Waals surface area contributed by atoms with E-state index in [1.165, 1.54) is 0 Å². The second kappa shape index (κ2) is 7.46. The molecule has 0 atom stereocenters. The van der Waals surface area contributed by atoms with Crippen molar-refractivity contribution < 1.29 is 9.59 Å².